The smallest absolute Gasteiger partial charge is 0.305 e. The number of aliphatic hydroxyl groups excluding tert-OH is 2. The number of carbonyl (C=O) groups is 2. The minimum atomic E-state index is -0.677. The topological polar surface area (TPSA) is 95.9 Å². The highest BCUT2D eigenvalue weighted by Gasteiger charge is 2.20. The maximum Gasteiger partial charge on any atom is 0.305 e. The van der Waals surface area contributed by atoms with E-state index in [-0.39, 0.29) is 18.5 Å². The van der Waals surface area contributed by atoms with E-state index in [0.29, 0.717) is 25.9 Å². The molecule has 0 rings (SSSR count). The summed E-state index contributed by atoms with van der Waals surface area (Å²) in [4.78, 5) is 24.5. The lowest BCUT2D eigenvalue weighted by molar-refractivity contribution is -0.143. The predicted molar refractivity (Wildman–Crippen MR) is 250 cm³/mol. The molecule has 0 fully saturated rings. The molecule has 0 aliphatic rings. The van der Waals surface area contributed by atoms with Crippen LogP contribution in [-0.4, -0.2) is 47.4 Å². The number of hydrogen-bond acceptors (Lipinski definition) is 5. The lowest BCUT2D eigenvalue weighted by Gasteiger charge is -2.22. The van der Waals surface area contributed by atoms with Gasteiger partial charge in [-0.1, -0.05) is 258 Å². The standard InChI is InChI=1S/C52H103NO5/c1-3-5-7-9-11-13-15-17-19-21-22-24-28-32-36-40-44-50(55)49(48-54)53-51(56)45-41-37-33-29-26-27-31-35-39-43-47-58-52(57)46-42-38-34-30-25-23-20-18-16-14-12-10-8-6-4-2/h49-50,54-55H,3-48H2,1-2H3,(H,53,56). The van der Waals surface area contributed by atoms with E-state index in [9.17, 15) is 19.8 Å². The summed E-state index contributed by atoms with van der Waals surface area (Å²) in [6.45, 7) is 4.92. The molecule has 0 spiro atoms. The molecule has 0 saturated carbocycles. The summed E-state index contributed by atoms with van der Waals surface area (Å²) in [5.41, 5.74) is 0. The van der Waals surface area contributed by atoms with Crippen LogP contribution in [0.25, 0.3) is 0 Å². The number of aliphatic hydroxyl groups is 2. The van der Waals surface area contributed by atoms with Crippen LogP contribution in [0.15, 0.2) is 0 Å². The van der Waals surface area contributed by atoms with Gasteiger partial charge in [0, 0.05) is 12.8 Å². The van der Waals surface area contributed by atoms with Crippen molar-refractivity contribution in [2.75, 3.05) is 13.2 Å². The molecule has 0 aromatic rings. The maximum atomic E-state index is 12.5. The van der Waals surface area contributed by atoms with Crippen molar-refractivity contribution in [3.05, 3.63) is 0 Å². The van der Waals surface area contributed by atoms with Gasteiger partial charge in [-0.3, -0.25) is 9.59 Å². The summed E-state index contributed by atoms with van der Waals surface area (Å²) in [7, 11) is 0. The van der Waals surface area contributed by atoms with Crippen LogP contribution in [0.3, 0.4) is 0 Å². The molecule has 2 unspecified atom stereocenters. The van der Waals surface area contributed by atoms with Crippen LogP contribution in [0.4, 0.5) is 0 Å². The van der Waals surface area contributed by atoms with Crippen molar-refractivity contribution in [1.82, 2.24) is 5.32 Å². The van der Waals surface area contributed by atoms with E-state index in [1.807, 2.05) is 0 Å². The van der Waals surface area contributed by atoms with Gasteiger partial charge in [-0.15, -0.1) is 0 Å². The Morgan fingerprint density at radius 2 is 0.707 bits per heavy atom. The fraction of sp³-hybridized carbons (Fsp3) is 0.962. The fourth-order valence-electron chi connectivity index (χ4n) is 8.35. The van der Waals surface area contributed by atoms with E-state index >= 15 is 0 Å². The van der Waals surface area contributed by atoms with Crippen molar-refractivity contribution < 1.29 is 24.5 Å². The Morgan fingerprint density at radius 3 is 1.05 bits per heavy atom. The molecular weight excluding hydrogens is 719 g/mol. The number of carbonyl (C=O) groups excluding carboxylic acids is 2. The Morgan fingerprint density at radius 1 is 0.414 bits per heavy atom. The van der Waals surface area contributed by atoms with Crippen LogP contribution in [0.1, 0.15) is 296 Å². The summed E-state index contributed by atoms with van der Waals surface area (Å²) in [6, 6.07) is -0.556. The molecule has 6 nitrogen and oxygen atoms in total. The molecule has 0 heterocycles. The van der Waals surface area contributed by atoms with Gasteiger partial charge in [0.1, 0.15) is 0 Å². The van der Waals surface area contributed by atoms with Gasteiger partial charge in [-0.25, -0.2) is 0 Å². The second-order valence-corrected chi connectivity index (χ2v) is 18.2. The van der Waals surface area contributed by atoms with Crippen molar-refractivity contribution in [1.29, 1.82) is 0 Å². The van der Waals surface area contributed by atoms with Gasteiger partial charge in [-0.05, 0) is 25.7 Å². The molecule has 0 aromatic carbocycles. The van der Waals surface area contributed by atoms with Crippen molar-refractivity contribution in [3.8, 4) is 0 Å². The zero-order valence-corrected chi connectivity index (χ0v) is 39.3. The lowest BCUT2D eigenvalue weighted by atomic mass is 10.0. The summed E-state index contributed by atoms with van der Waals surface area (Å²) in [5.74, 6) is -0.0699. The molecule has 0 saturated heterocycles. The molecular formula is C52H103NO5. The first-order valence-corrected chi connectivity index (χ1v) is 26.3. The normalized spacial score (nSPS) is 12.6. The second-order valence-electron chi connectivity index (χ2n) is 18.2. The highest BCUT2D eigenvalue weighted by Crippen LogP contribution is 2.17. The average Bonchev–Trinajstić information content (AvgIpc) is 3.22. The van der Waals surface area contributed by atoms with Gasteiger partial charge in [-0.2, -0.15) is 0 Å². The van der Waals surface area contributed by atoms with Crippen LogP contribution in [0, 0.1) is 0 Å². The monoisotopic (exact) mass is 822 g/mol. The Bertz CT molecular complexity index is 822. The van der Waals surface area contributed by atoms with Crippen molar-refractivity contribution in [3.63, 3.8) is 0 Å². The molecule has 0 aromatic heterocycles. The minimum Gasteiger partial charge on any atom is -0.466 e. The van der Waals surface area contributed by atoms with Crippen molar-refractivity contribution in [2.45, 2.75) is 309 Å². The van der Waals surface area contributed by atoms with Crippen LogP contribution >= 0.6 is 0 Å². The first-order valence-electron chi connectivity index (χ1n) is 26.3. The molecule has 3 N–H and O–H groups in total. The van der Waals surface area contributed by atoms with Gasteiger partial charge >= 0.3 is 5.97 Å². The third kappa shape index (κ3) is 44.4. The Labute approximate surface area is 362 Å². The number of esters is 1. The Balaban J connectivity index is 3.46. The number of unbranched alkanes of at least 4 members (excludes halogenated alkanes) is 38. The van der Waals surface area contributed by atoms with Crippen molar-refractivity contribution in [2.24, 2.45) is 0 Å². The van der Waals surface area contributed by atoms with Gasteiger partial charge in [0.05, 0.1) is 25.4 Å². The summed E-state index contributed by atoms with van der Waals surface area (Å²) in [5, 5.41) is 23.2. The molecule has 58 heavy (non-hydrogen) atoms. The quantitative estimate of drug-likeness (QED) is 0.0420. The Kier molecular flexibility index (Phi) is 47.6. The highest BCUT2D eigenvalue weighted by atomic mass is 16.5. The summed E-state index contributed by atoms with van der Waals surface area (Å²) >= 11 is 0. The number of nitrogens with one attached hydrogen (secondary N) is 1. The van der Waals surface area contributed by atoms with Gasteiger partial charge in [0.15, 0.2) is 0 Å². The van der Waals surface area contributed by atoms with Gasteiger partial charge in [0.25, 0.3) is 0 Å². The zero-order chi connectivity index (χ0) is 42.3. The Hall–Kier alpha value is -1.14. The fourth-order valence-corrected chi connectivity index (χ4v) is 8.35. The van der Waals surface area contributed by atoms with Crippen LogP contribution in [0.5, 0.6) is 0 Å². The lowest BCUT2D eigenvalue weighted by Crippen LogP contribution is -2.45. The average molecular weight is 822 g/mol. The van der Waals surface area contributed by atoms with Crippen LogP contribution in [-0.2, 0) is 14.3 Å². The second kappa shape index (κ2) is 48.5. The van der Waals surface area contributed by atoms with Gasteiger partial charge in [0.2, 0.25) is 5.91 Å². The largest absolute Gasteiger partial charge is 0.466 e. The van der Waals surface area contributed by atoms with Crippen molar-refractivity contribution >= 4 is 11.9 Å². The number of amides is 1. The van der Waals surface area contributed by atoms with E-state index < -0.39 is 12.1 Å². The molecule has 6 heteroatoms. The zero-order valence-electron chi connectivity index (χ0n) is 39.3. The molecule has 1 amide bonds. The number of rotatable bonds is 49. The summed E-state index contributed by atoms with van der Waals surface area (Å²) < 4.78 is 5.46. The van der Waals surface area contributed by atoms with Crippen LogP contribution in [0.2, 0.25) is 0 Å². The molecule has 2 atom stereocenters. The van der Waals surface area contributed by atoms with Crippen LogP contribution < -0.4 is 5.32 Å². The van der Waals surface area contributed by atoms with E-state index in [1.54, 1.807) is 0 Å². The first-order chi connectivity index (χ1) is 28.5. The van der Waals surface area contributed by atoms with E-state index in [2.05, 4.69) is 19.2 Å². The van der Waals surface area contributed by atoms with E-state index in [0.717, 1.165) is 57.8 Å². The highest BCUT2D eigenvalue weighted by molar-refractivity contribution is 5.76. The van der Waals surface area contributed by atoms with Gasteiger partial charge < -0.3 is 20.3 Å². The third-order valence-electron chi connectivity index (χ3n) is 12.4. The SMILES string of the molecule is CCCCCCCCCCCCCCCCCCC(O)C(CO)NC(=O)CCCCCCCCCCCCOC(=O)CCCCCCCCCCCCCCCCC. The number of ether oxygens (including phenoxy) is 1. The van der Waals surface area contributed by atoms with E-state index in [1.165, 1.54) is 205 Å². The molecule has 346 valence electrons. The predicted octanol–water partition coefficient (Wildman–Crippen LogP) is 15.6. The molecule has 0 radical (unpaired) electrons. The minimum absolute atomic E-state index is 0.0151. The van der Waals surface area contributed by atoms with E-state index in [4.69, 9.17) is 4.74 Å². The number of hydrogen-bond donors (Lipinski definition) is 3. The third-order valence-corrected chi connectivity index (χ3v) is 12.4. The molecule has 0 aliphatic carbocycles. The first kappa shape index (κ1) is 56.9. The maximum absolute atomic E-state index is 12.5. The summed E-state index contributed by atoms with van der Waals surface area (Å²) in [6.07, 6.45) is 53.5. The molecule has 0 bridgehead atoms. The molecule has 0 aliphatic heterocycles.